The second kappa shape index (κ2) is 17.1. The summed E-state index contributed by atoms with van der Waals surface area (Å²) in [7, 11) is 0. The van der Waals surface area contributed by atoms with E-state index < -0.39 is 66.2 Å². The Hall–Kier alpha value is -2.38. The first-order valence-electron chi connectivity index (χ1n) is 11.3. The quantitative estimate of drug-likeness (QED) is 0.116. The van der Waals surface area contributed by atoms with E-state index in [4.69, 9.17) is 16.6 Å². The van der Waals surface area contributed by atoms with E-state index in [1.54, 1.807) is 13.8 Å². The van der Waals surface area contributed by atoms with Gasteiger partial charge < -0.3 is 37.6 Å². The predicted molar refractivity (Wildman–Crippen MR) is 129 cm³/mol. The molecule has 9 N–H and O–H groups in total. The molecular weight excluding hydrogens is 466 g/mol. The van der Waals surface area contributed by atoms with Crippen LogP contribution in [0.25, 0.3) is 0 Å². The standard InChI is InChI=1S/C21H39N5O7S/c1-4-12(2)17(20(31)25-15(21(32)33)11-16(27)28)26-19(30)14(8-10-34-3)24-18(29)13(23)7-5-6-9-22/h12-15,17H,4-11,22-23H2,1-3H3,(H,24,29)(H,25,31)(H,26,30)(H,27,28)(H,32,33). The minimum atomic E-state index is -1.65. The maximum Gasteiger partial charge on any atom is 0.326 e. The van der Waals surface area contributed by atoms with Gasteiger partial charge >= 0.3 is 11.9 Å². The molecule has 0 fully saturated rings. The van der Waals surface area contributed by atoms with E-state index in [0.717, 1.165) is 6.42 Å². The number of nitrogens with one attached hydrogen (secondary N) is 3. The van der Waals surface area contributed by atoms with Gasteiger partial charge in [-0.3, -0.25) is 19.2 Å². The number of rotatable bonds is 18. The van der Waals surface area contributed by atoms with Crippen LogP contribution >= 0.6 is 11.8 Å². The molecule has 0 aromatic carbocycles. The lowest BCUT2D eigenvalue weighted by Crippen LogP contribution is -2.58. The Morgan fingerprint density at radius 2 is 1.53 bits per heavy atom. The Morgan fingerprint density at radius 1 is 0.912 bits per heavy atom. The Morgan fingerprint density at radius 3 is 2.03 bits per heavy atom. The third-order valence-electron chi connectivity index (χ3n) is 5.34. The van der Waals surface area contributed by atoms with Crippen molar-refractivity contribution in [1.82, 2.24) is 16.0 Å². The monoisotopic (exact) mass is 505 g/mol. The molecule has 12 nitrogen and oxygen atoms in total. The summed E-state index contributed by atoms with van der Waals surface area (Å²) >= 11 is 1.48. The van der Waals surface area contributed by atoms with E-state index in [2.05, 4.69) is 16.0 Å². The number of nitrogens with two attached hydrogens (primary N) is 2. The summed E-state index contributed by atoms with van der Waals surface area (Å²) < 4.78 is 0. The number of carboxylic acids is 2. The molecule has 0 radical (unpaired) electrons. The fraction of sp³-hybridized carbons (Fsp3) is 0.762. The van der Waals surface area contributed by atoms with Crippen LogP contribution in [0, 0.1) is 5.92 Å². The highest BCUT2D eigenvalue weighted by molar-refractivity contribution is 7.98. The highest BCUT2D eigenvalue weighted by Gasteiger charge is 2.33. The van der Waals surface area contributed by atoms with E-state index >= 15 is 0 Å². The Balaban J connectivity index is 5.45. The van der Waals surface area contributed by atoms with Crippen molar-refractivity contribution in [3.8, 4) is 0 Å². The molecule has 0 rings (SSSR count). The molecular formula is C21H39N5O7S. The molecule has 0 aromatic rings. The van der Waals surface area contributed by atoms with Crippen molar-refractivity contribution in [3.05, 3.63) is 0 Å². The first kappa shape index (κ1) is 31.6. The number of unbranched alkanes of at least 4 members (excludes halogenated alkanes) is 1. The van der Waals surface area contributed by atoms with Crippen LogP contribution in [0.1, 0.15) is 52.4 Å². The largest absolute Gasteiger partial charge is 0.481 e. The van der Waals surface area contributed by atoms with E-state index in [-0.39, 0.29) is 0 Å². The van der Waals surface area contributed by atoms with Gasteiger partial charge in [-0.05, 0) is 43.7 Å². The predicted octanol–water partition coefficient (Wildman–Crippen LogP) is -0.744. The summed E-state index contributed by atoms with van der Waals surface area (Å²) in [6.45, 7) is 3.97. The zero-order valence-corrected chi connectivity index (χ0v) is 20.9. The minimum Gasteiger partial charge on any atom is -0.481 e. The van der Waals surface area contributed by atoms with Crippen LogP contribution in [0.2, 0.25) is 0 Å². The molecule has 5 atom stereocenters. The van der Waals surface area contributed by atoms with Gasteiger partial charge in [-0.15, -0.1) is 0 Å². The fourth-order valence-electron chi connectivity index (χ4n) is 3.01. The summed E-state index contributed by atoms with van der Waals surface area (Å²) in [6.07, 6.45) is 3.61. The molecule has 34 heavy (non-hydrogen) atoms. The van der Waals surface area contributed by atoms with E-state index in [9.17, 15) is 29.1 Å². The number of aliphatic carboxylic acids is 2. The van der Waals surface area contributed by atoms with Crippen LogP contribution in [0.15, 0.2) is 0 Å². The zero-order valence-electron chi connectivity index (χ0n) is 20.0. The van der Waals surface area contributed by atoms with Gasteiger partial charge in [0, 0.05) is 0 Å². The van der Waals surface area contributed by atoms with Gasteiger partial charge in [-0.25, -0.2) is 4.79 Å². The van der Waals surface area contributed by atoms with Crippen molar-refractivity contribution in [1.29, 1.82) is 0 Å². The maximum atomic E-state index is 13.0. The highest BCUT2D eigenvalue weighted by Crippen LogP contribution is 2.11. The van der Waals surface area contributed by atoms with Crippen LogP contribution in [0.3, 0.4) is 0 Å². The van der Waals surface area contributed by atoms with Crippen molar-refractivity contribution >= 4 is 41.4 Å². The second-order valence-electron chi connectivity index (χ2n) is 8.10. The van der Waals surface area contributed by atoms with Gasteiger partial charge in [-0.2, -0.15) is 11.8 Å². The SMILES string of the molecule is CCC(C)C(NC(=O)C(CCSC)NC(=O)C(N)CCCCN)C(=O)NC(CC(=O)O)C(=O)O. The molecule has 0 aromatic heterocycles. The fourth-order valence-corrected chi connectivity index (χ4v) is 3.49. The molecule has 0 saturated heterocycles. The van der Waals surface area contributed by atoms with Crippen molar-refractivity contribution < 1.29 is 34.2 Å². The molecule has 0 aliphatic carbocycles. The summed E-state index contributed by atoms with van der Waals surface area (Å²) in [6, 6.07) is -4.53. The van der Waals surface area contributed by atoms with Crippen LogP contribution in [-0.2, 0) is 24.0 Å². The number of carbonyl (C=O) groups is 5. The van der Waals surface area contributed by atoms with Crippen LogP contribution < -0.4 is 27.4 Å². The van der Waals surface area contributed by atoms with Gasteiger partial charge in [0.15, 0.2) is 0 Å². The third kappa shape index (κ3) is 12.2. The lowest BCUT2D eigenvalue weighted by atomic mass is 9.97. The molecule has 0 saturated carbocycles. The average molecular weight is 506 g/mol. The Labute approximate surface area is 204 Å². The van der Waals surface area contributed by atoms with E-state index in [1.807, 2.05) is 6.26 Å². The number of hydrogen-bond acceptors (Lipinski definition) is 8. The number of hydrogen-bond donors (Lipinski definition) is 7. The maximum absolute atomic E-state index is 13.0. The average Bonchev–Trinajstić information content (AvgIpc) is 2.78. The first-order valence-corrected chi connectivity index (χ1v) is 12.7. The molecule has 0 heterocycles. The molecule has 0 bridgehead atoms. The molecule has 0 aliphatic heterocycles. The molecule has 3 amide bonds. The Kier molecular flexibility index (Phi) is 15.9. The zero-order chi connectivity index (χ0) is 26.3. The van der Waals surface area contributed by atoms with Crippen molar-refractivity contribution in [2.24, 2.45) is 17.4 Å². The third-order valence-corrected chi connectivity index (χ3v) is 5.98. The molecule has 196 valence electrons. The number of amides is 3. The summed E-state index contributed by atoms with van der Waals surface area (Å²) in [5, 5.41) is 25.5. The summed E-state index contributed by atoms with van der Waals surface area (Å²) in [5.74, 6) is -4.64. The highest BCUT2D eigenvalue weighted by atomic mass is 32.2. The van der Waals surface area contributed by atoms with E-state index in [1.165, 1.54) is 11.8 Å². The molecule has 5 unspecified atom stereocenters. The number of carboxylic acid groups (broad SMARTS) is 2. The van der Waals surface area contributed by atoms with Gasteiger partial charge in [0.05, 0.1) is 12.5 Å². The van der Waals surface area contributed by atoms with Crippen LogP contribution in [0.4, 0.5) is 0 Å². The van der Waals surface area contributed by atoms with Crippen molar-refractivity contribution in [2.75, 3.05) is 18.6 Å². The van der Waals surface area contributed by atoms with Crippen molar-refractivity contribution in [3.63, 3.8) is 0 Å². The molecule has 0 spiro atoms. The molecule has 13 heteroatoms. The van der Waals surface area contributed by atoms with Gasteiger partial charge in [-0.1, -0.05) is 26.7 Å². The topological polar surface area (TPSA) is 214 Å². The lowest BCUT2D eigenvalue weighted by molar-refractivity contribution is -0.147. The minimum absolute atomic E-state index is 0.292. The second-order valence-corrected chi connectivity index (χ2v) is 9.09. The van der Waals surface area contributed by atoms with Gasteiger partial charge in [0.2, 0.25) is 17.7 Å². The Bertz CT molecular complexity index is 694. The van der Waals surface area contributed by atoms with E-state index in [0.29, 0.717) is 38.0 Å². The van der Waals surface area contributed by atoms with Crippen LogP contribution in [0.5, 0.6) is 0 Å². The van der Waals surface area contributed by atoms with Gasteiger partial charge in [0.25, 0.3) is 0 Å². The van der Waals surface area contributed by atoms with Crippen molar-refractivity contribution in [2.45, 2.75) is 76.5 Å². The number of carbonyl (C=O) groups excluding carboxylic acids is 3. The smallest absolute Gasteiger partial charge is 0.326 e. The van der Waals surface area contributed by atoms with Gasteiger partial charge in [0.1, 0.15) is 18.1 Å². The summed E-state index contributed by atoms with van der Waals surface area (Å²) in [5.41, 5.74) is 11.4. The summed E-state index contributed by atoms with van der Waals surface area (Å²) in [4.78, 5) is 60.5. The van der Waals surface area contributed by atoms with Crippen LogP contribution in [-0.4, -0.2) is 82.6 Å². The molecule has 0 aliphatic rings. The first-order chi connectivity index (χ1) is 16.0. The number of thioether (sulfide) groups is 1. The lowest BCUT2D eigenvalue weighted by Gasteiger charge is -2.28. The normalized spacial score (nSPS) is 15.3.